The van der Waals surface area contributed by atoms with Crippen molar-refractivity contribution in [2.24, 2.45) is 0 Å². The zero-order valence-corrected chi connectivity index (χ0v) is 43.6. The third kappa shape index (κ3) is 7.42. The van der Waals surface area contributed by atoms with E-state index in [-0.39, 0.29) is 0 Å². The molecule has 0 N–H and O–H groups in total. The minimum Gasteiger partial charge on any atom is -0.0730 e. The molecule has 10 rings (SSSR count). The van der Waals surface area contributed by atoms with Gasteiger partial charge in [0, 0.05) is 5.04 Å². The summed E-state index contributed by atoms with van der Waals surface area (Å²) in [6.07, 6.45) is 2.71. The Labute approximate surface area is 418 Å². The molecule has 9 aromatic rings. The first-order valence-corrected chi connectivity index (χ1v) is 27.0. The third-order valence-electron chi connectivity index (χ3n) is 16.1. The number of allylic oxidation sites excluding steroid dienone is 4. The summed E-state index contributed by atoms with van der Waals surface area (Å²) in [6.45, 7) is 24.2. The van der Waals surface area contributed by atoms with E-state index in [0.717, 1.165) is 0 Å². The van der Waals surface area contributed by atoms with E-state index in [1.165, 1.54) is 132 Å². The molecule has 1 aliphatic carbocycles. The summed E-state index contributed by atoms with van der Waals surface area (Å²) in [5.74, 6) is 0. The second kappa shape index (κ2) is 18.5. The molecule has 0 spiro atoms. The minimum absolute atomic E-state index is 0.453. The first kappa shape index (κ1) is 46.4. The zero-order chi connectivity index (χ0) is 48.9. The molecule has 0 aliphatic heterocycles. The Kier molecular flexibility index (Phi) is 12.3. The van der Waals surface area contributed by atoms with Crippen molar-refractivity contribution in [3.63, 3.8) is 0 Å². The fraction of sp³-hybridized carbons (Fsp3) is 0.159. The van der Waals surface area contributed by atoms with Crippen molar-refractivity contribution >= 4 is 23.6 Å². The highest BCUT2D eigenvalue weighted by Crippen LogP contribution is 2.56. The summed E-state index contributed by atoms with van der Waals surface area (Å²) in [6, 6.07) is 75.4. The lowest BCUT2D eigenvalue weighted by Gasteiger charge is -2.50. The van der Waals surface area contributed by atoms with Gasteiger partial charge in [-0.05, 0) is 184 Å². The second-order valence-corrected chi connectivity index (χ2v) is 24.2. The van der Waals surface area contributed by atoms with Crippen LogP contribution in [0.5, 0.6) is 0 Å². The van der Waals surface area contributed by atoms with Crippen molar-refractivity contribution in [2.45, 2.75) is 74.3 Å². The van der Waals surface area contributed by atoms with Crippen LogP contribution in [0.2, 0.25) is 5.04 Å². The first-order chi connectivity index (χ1) is 33.9. The number of hydrogen-bond donors (Lipinski definition) is 0. The predicted octanol–water partition coefficient (Wildman–Crippen LogP) is 17.1. The van der Waals surface area contributed by atoms with Gasteiger partial charge in [-0.1, -0.05) is 224 Å². The van der Waals surface area contributed by atoms with Crippen molar-refractivity contribution < 1.29 is 0 Å². The van der Waals surface area contributed by atoms with Crippen molar-refractivity contribution in [3.05, 3.63) is 256 Å². The molecular formula is C69H64Si. The normalized spacial score (nSPS) is 14.8. The molecule has 0 aromatic heterocycles. The molecule has 9 aromatic carbocycles. The van der Waals surface area contributed by atoms with Gasteiger partial charge in [-0.25, -0.2) is 0 Å². The summed E-state index contributed by atoms with van der Waals surface area (Å²) in [5, 5.41) is 3.88. The molecule has 0 radical (unpaired) electrons. The molecule has 70 heavy (non-hydrogen) atoms. The summed E-state index contributed by atoms with van der Waals surface area (Å²) in [4.78, 5) is 0. The summed E-state index contributed by atoms with van der Waals surface area (Å²) >= 11 is 0. The number of rotatable bonds is 10. The van der Waals surface area contributed by atoms with E-state index in [0.29, 0.717) is 0 Å². The Morgan fingerprint density at radius 1 is 0.300 bits per heavy atom. The summed E-state index contributed by atoms with van der Waals surface area (Å²) in [7, 11) is -3.64. The highest BCUT2D eigenvalue weighted by Gasteiger charge is 2.59. The van der Waals surface area contributed by atoms with E-state index in [1.807, 2.05) is 0 Å². The van der Waals surface area contributed by atoms with E-state index in [1.54, 1.807) is 0 Å². The van der Waals surface area contributed by atoms with Crippen LogP contribution in [-0.2, 0) is 0 Å². The van der Waals surface area contributed by atoms with Gasteiger partial charge in [0.2, 0.25) is 0 Å². The van der Waals surface area contributed by atoms with E-state index < -0.39 is 13.1 Å². The van der Waals surface area contributed by atoms with Crippen molar-refractivity contribution in [1.29, 1.82) is 0 Å². The lowest BCUT2D eigenvalue weighted by Crippen LogP contribution is -2.74. The molecule has 0 heterocycles. The van der Waals surface area contributed by atoms with Gasteiger partial charge in [-0.15, -0.1) is 0 Å². The molecular weight excluding hydrogens is 857 g/mol. The van der Waals surface area contributed by atoms with Gasteiger partial charge in [-0.3, -0.25) is 0 Å². The lowest BCUT2D eigenvalue weighted by atomic mass is 9.88. The Hall–Kier alpha value is -7.32. The van der Waals surface area contributed by atoms with Gasteiger partial charge in [-0.2, -0.15) is 0 Å². The Bertz CT molecular complexity index is 3140. The summed E-state index contributed by atoms with van der Waals surface area (Å²) < 4.78 is 0. The van der Waals surface area contributed by atoms with Gasteiger partial charge < -0.3 is 0 Å². The van der Waals surface area contributed by atoms with Crippen molar-refractivity contribution in [2.75, 3.05) is 0 Å². The average Bonchev–Trinajstić information content (AvgIpc) is 3.57. The number of aryl methyl sites for hydroxylation is 3. The molecule has 1 atom stereocenters. The highest BCUT2D eigenvalue weighted by molar-refractivity contribution is 7.16. The Balaban J connectivity index is 1.55. The molecule has 0 saturated carbocycles. The molecule has 0 amide bonds. The lowest BCUT2D eigenvalue weighted by molar-refractivity contribution is 0.870. The first-order valence-electron chi connectivity index (χ1n) is 25.0. The predicted molar refractivity (Wildman–Crippen MR) is 306 cm³/mol. The van der Waals surface area contributed by atoms with Crippen molar-refractivity contribution in [3.8, 4) is 66.8 Å². The van der Waals surface area contributed by atoms with Crippen LogP contribution in [0.1, 0.15) is 61.1 Å². The molecule has 1 heteroatoms. The van der Waals surface area contributed by atoms with Gasteiger partial charge in [0.1, 0.15) is 0 Å². The van der Waals surface area contributed by atoms with Crippen LogP contribution in [-0.4, -0.2) is 8.07 Å². The standard InChI is InChI=1S/C69H64Si/c1-45-41-60(66(57-35-23-14-24-36-57)50(6)63(45)54-29-17-11-18-30-54)70(69(10)44-48(4)49(5)53(69)9,61-42-46(2)64(55-31-19-12-20-32-55)51(7)67(61)58-37-25-15-26-38-58)62-43-47(3)65(56-33-21-13-22-34-56)52(8)68(62)59-39-27-16-28-40-59/h11-44H,1-10H3. The van der Waals surface area contributed by atoms with Gasteiger partial charge in [0.05, 0.1) is 0 Å². The smallest absolute Gasteiger partial charge is 0.0730 e. The van der Waals surface area contributed by atoms with Crippen LogP contribution in [0.4, 0.5) is 0 Å². The molecule has 344 valence electrons. The maximum Gasteiger partial charge on any atom is 0.163 e. The summed E-state index contributed by atoms with van der Waals surface area (Å²) in [5.41, 5.74) is 27.4. The monoisotopic (exact) mass is 920 g/mol. The van der Waals surface area contributed by atoms with Crippen LogP contribution in [0, 0.1) is 41.5 Å². The molecule has 0 bridgehead atoms. The van der Waals surface area contributed by atoms with Crippen LogP contribution >= 0.6 is 0 Å². The number of hydrogen-bond acceptors (Lipinski definition) is 0. The van der Waals surface area contributed by atoms with Gasteiger partial charge >= 0.3 is 0 Å². The molecule has 0 saturated heterocycles. The molecule has 1 unspecified atom stereocenters. The van der Waals surface area contributed by atoms with Crippen LogP contribution < -0.4 is 15.6 Å². The second-order valence-electron chi connectivity index (χ2n) is 20.1. The minimum atomic E-state index is -3.64. The van der Waals surface area contributed by atoms with Crippen molar-refractivity contribution in [1.82, 2.24) is 0 Å². The third-order valence-corrected chi connectivity index (χ3v) is 21.8. The quantitative estimate of drug-likeness (QED) is 0.0947. The van der Waals surface area contributed by atoms with Gasteiger partial charge in [0.15, 0.2) is 8.07 Å². The van der Waals surface area contributed by atoms with Crippen LogP contribution in [0.15, 0.2) is 223 Å². The van der Waals surface area contributed by atoms with Crippen LogP contribution in [0.25, 0.3) is 66.8 Å². The topological polar surface area (TPSA) is 0 Å². The zero-order valence-electron chi connectivity index (χ0n) is 42.6. The largest absolute Gasteiger partial charge is 0.163 e. The fourth-order valence-corrected chi connectivity index (χ4v) is 20.1. The van der Waals surface area contributed by atoms with Crippen LogP contribution in [0.3, 0.4) is 0 Å². The number of benzene rings is 9. The maximum absolute atomic E-state index is 3.64. The maximum atomic E-state index is 2.71. The van der Waals surface area contributed by atoms with E-state index in [4.69, 9.17) is 0 Å². The average molecular weight is 921 g/mol. The SMILES string of the molecule is CC1=CC(C)([Si](c2cc(C)c(-c3ccccc3)c(C)c2-c2ccccc2)(c2cc(C)c(-c3ccccc3)c(C)c2-c2ccccc2)c2cc(C)c(-c3ccccc3)c(C)c2-c2ccccc2)C(C)=C1C. The Morgan fingerprint density at radius 3 is 0.743 bits per heavy atom. The molecule has 0 nitrogen and oxygen atoms in total. The molecule has 1 aliphatic rings. The molecule has 0 fully saturated rings. The fourth-order valence-electron chi connectivity index (χ4n) is 12.9. The van der Waals surface area contributed by atoms with E-state index in [2.05, 4.69) is 276 Å². The van der Waals surface area contributed by atoms with Gasteiger partial charge in [0.25, 0.3) is 0 Å². The van der Waals surface area contributed by atoms with E-state index in [9.17, 15) is 0 Å². The highest BCUT2D eigenvalue weighted by atomic mass is 28.3. The van der Waals surface area contributed by atoms with E-state index >= 15 is 0 Å². The Morgan fingerprint density at radius 2 is 0.529 bits per heavy atom.